The zero-order chi connectivity index (χ0) is 14.2. The molecule has 1 nitrogen and oxygen atoms in total. The van der Waals surface area contributed by atoms with E-state index in [0.717, 1.165) is 6.07 Å². The van der Waals surface area contributed by atoms with E-state index in [1.54, 1.807) is 0 Å². The molecule has 3 rings (SSSR count). The first-order chi connectivity index (χ1) is 8.62. The molecule has 102 valence electrons. The summed E-state index contributed by atoms with van der Waals surface area (Å²) in [6.45, 7) is 6.53. The van der Waals surface area contributed by atoms with Gasteiger partial charge in [0.1, 0.15) is 0 Å². The molecule has 19 heavy (non-hydrogen) atoms. The molecule has 2 aliphatic carbocycles. The minimum absolute atomic E-state index is 0.0369. The summed E-state index contributed by atoms with van der Waals surface area (Å²) in [5.74, 6) is 0.0720. The Morgan fingerprint density at radius 3 is 2.26 bits per heavy atom. The first kappa shape index (κ1) is 12.9. The Morgan fingerprint density at radius 2 is 1.74 bits per heavy atom. The van der Waals surface area contributed by atoms with E-state index in [1.807, 2.05) is 0 Å². The monoisotopic (exact) mass is 284 g/mol. The van der Waals surface area contributed by atoms with Gasteiger partial charge in [-0.25, -0.2) is 0 Å². The molecule has 0 bridgehead atoms. The van der Waals surface area contributed by atoms with Crippen LogP contribution in [0.25, 0.3) is 0 Å². The van der Waals surface area contributed by atoms with Gasteiger partial charge in [-0.05, 0) is 29.2 Å². The van der Waals surface area contributed by atoms with E-state index in [1.165, 1.54) is 12.1 Å². The zero-order valence-electron chi connectivity index (χ0n) is 11.0. The highest BCUT2D eigenvalue weighted by Gasteiger charge is 2.65. The van der Waals surface area contributed by atoms with Crippen LogP contribution in [0.4, 0.5) is 13.2 Å². The molecule has 0 aromatic heterocycles. The number of hydrogen-bond acceptors (Lipinski definition) is 1. The Bertz CT molecular complexity index is 571. The lowest BCUT2D eigenvalue weighted by atomic mass is 10.0. The van der Waals surface area contributed by atoms with Crippen LogP contribution in [-0.4, -0.2) is 13.9 Å². The van der Waals surface area contributed by atoms with Crippen LogP contribution in [0.1, 0.15) is 27.4 Å². The number of fused-ring (bicyclic) bond motifs is 3. The molecule has 1 aromatic carbocycles. The van der Waals surface area contributed by atoms with Crippen LogP contribution in [0, 0.1) is 5.92 Å². The molecule has 0 spiro atoms. The lowest BCUT2D eigenvalue weighted by Crippen LogP contribution is -2.24. The predicted molar refractivity (Wildman–Crippen MR) is 69.1 cm³/mol. The molecule has 2 aliphatic rings. The van der Waals surface area contributed by atoms with Crippen LogP contribution in [0.2, 0.25) is 25.2 Å². The number of benzene rings is 1. The molecule has 0 aliphatic heterocycles. The largest absolute Gasteiger partial charge is 0.416 e. The number of Topliss-reactive ketones (excluding diaryl/α,β-unsaturated/α-hetero) is 1. The lowest BCUT2D eigenvalue weighted by molar-refractivity contribution is -0.137. The predicted octanol–water partition coefficient (Wildman–Crippen LogP) is 4.32. The standard InChI is InChI=1S/C14H15F3OSi/c1-19(2,3)13-10-9-6-7(14(15,16)17)4-5-8(9)12(18)11(10)13/h4-6,10-11,13H,1-3H3/t10-,11-,13?/m0/s1. The van der Waals surface area contributed by atoms with Gasteiger partial charge in [0.2, 0.25) is 0 Å². The van der Waals surface area contributed by atoms with Gasteiger partial charge < -0.3 is 0 Å². The average molecular weight is 284 g/mol. The van der Waals surface area contributed by atoms with Gasteiger partial charge in [-0.1, -0.05) is 25.7 Å². The van der Waals surface area contributed by atoms with Crippen molar-refractivity contribution < 1.29 is 18.0 Å². The molecular weight excluding hydrogens is 269 g/mol. The van der Waals surface area contributed by atoms with E-state index < -0.39 is 19.8 Å². The number of alkyl halides is 3. The Morgan fingerprint density at radius 1 is 1.11 bits per heavy atom. The second-order valence-electron chi connectivity index (χ2n) is 6.61. The molecule has 0 heterocycles. The van der Waals surface area contributed by atoms with Gasteiger partial charge in [-0.2, -0.15) is 13.2 Å². The third-order valence-corrected chi connectivity index (χ3v) is 7.04. The number of ketones is 1. The van der Waals surface area contributed by atoms with E-state index in [2.05, 4.69) is 19.6 Å². The van der Waals surface area contributed by atoms with Crippen LogP contribution in [0.5, 0.6) is 0 Å². The van der Waals surface area contributed by atoms with Crippen molar-refractivity contribution in [3.63, 3.8) is 0 Å². The number of rotatable bonds is 1. The Hall–Kier alpha value is -1.10. The molecule has 0 radical (unpaired) electrons. The van der Waals surface area contributed by atoms with Gasteiger partial charge in [-0.15, -0.1) is 0 Å². The SMILES string of the molecule is C[Si](C)(C)C1[C@H]2c3cc(C(F)(F)F)ccc3C(=O)[C@@H]12. The molecular formula is C14H15F3OSi. The number of hydrogen-bond donors (Lipinski definition) is 0. The molecule has 5 heteroatoms. The minimum Gasteiger partial charge on any atom is -0.294 e. The molecule has 1 saturated carbocycles. The van der Waals surface area contributed by atoms with Gasteiger partial charge >= 0.3 is 6.18 Å². The fourth-order valence-corrected chi connectivity index (χ4v) is 6.31. The molecule has 1 fully saturated rings. The summed E-state index contributed by atoms with van der Waals surface area (Å²) in [5.41, 5.74) is 0.826. The van der Waals surface area contributed by atoms with Crippen LogP contribution in [0.15, 0.2) is 18.2 Å². The maximum Gasteiger partial charge on any atom is 0.416 e. The highest BCUT2D eigenvalue weighted by atomic mass is 28.3. The van der Waals surface area contributed by atoms with E-state index >= 15 is 0 Å². The quantitative estimate of drug-likeness (QED) is 0.702. The average Bonchev–Trinajstić information content (AvgIpc) is 2.95. The van der Waals surface area contributed by atoms with Crippen LogP contribution in [0.3, 0.4) is 0 Å². The second-order valence-corrected chi connectivity index (χ2v) is 12.0. The van der Waals surface area contributed by atoms with Crippen LogP contribution >= 0.6 is 0 Å². The van der Waals surface area contributed by atoms with Crippen LogP contribution < -0.4 is 0 Å². The van der Waals surface area contributed by atoms with Crippen molar-refractivity contribution in [3.8, 4) is 0 Å². The Labute approximate surface area is 110 Å². The van der Waals surface area contributed by atoms with Gasteiger partial charge in [0.15, 0.2) is 5.78 Å². The molecule has 3 atom stereocenters. The number of carbonyl (C=O) groups is 1. The molecule has 0 saturated heterocycles. The summed E-state index contributed by atoms with van der Waals surface area (Å²) in [4.78, 5) is 12.2. The number of carbonyl (C=O) groups excluding carboxylic acids is 1. The van der Waals surface area contributed by atoms with Gasteiger partial charge in [-0.3, -0.25) is 4.79 Å². The van der Waals surface area contributed by atoms with E-state index in [9.17, 15) is 18.0 Å². The summed E-state index contributed by atoms with van der Waals surface area (Å²) >= 11 is 0. The highest BCUT2D eigenvalue weighted by molar-refractivity contribution is 6.79. The highest BCUT2D eigenvalue weighted by Crippen LogP contribution is 2.69. The van der Waals surface area contributed by atoms with Crippen molar-refractivity contribution in [2.45, 2.75) is 37.3 Å². The van der Waals surface area contributed by atoms with E-state index in [4.69, 9.17) is 0 Å². The lowest BCUT2D eigenvalue weighted by Gasteiger charge is -2.19. The molecule has 1 unspecified atom stereocenters. The fraction of sp³-hybridized carbons (Fsp3) is 0.500. The van der Waals surface area contributed by atoms with Gasteiger partial charge in [0, 0.05) is 19.6 Å². The number of halogens is 3. The van der Waals surface area contributed by atoms with E-state index in [-0.39, 0.29) is 17.6 Å². The first-order valence-corrected chi connectivity index (χ1v) is 9.95. The van der Waals surface area contributed by atoms with Gasteiger partial charge in [0.05, 0.1) is 5.56 Å². The summed E-state index contributed by atoms with van der Waals surface area (Å²) in [7, 11) is -1.49. The minimum atomic E-state index is -4.33. The Balaban J connectivity index is 2.04. The van der Waals surface area contributed by atoms with Crippen molar-refractivity contribution in [1.29, 1.82) is 0 Å². The summed E-state index contributed by atoms with van der Waals surface area (Å²) in [6, 6.07) is 3.57. The zero-order valence-corrected chi connectivity index (χ0v) is 12.0. The van der Waals surface area contributed by atoms with Crippen molar-refractivity contribution in [3.05, 3.63) is 34.9 Å². The molecule has 0 amide bonds. The van der Waals surface area contributed by atoms with Crippen LogP contribution in [-0.2, 0) is 6.18 Å². The van der Waals surface area contributed by atoms with Crippen molar-refractivity contribution in [1.82, 2.24) is 0 Å². The molecule has 0 N–H and O–H groups in total. The maximum absolute atomic E-state index is 12.7. The van der Waals surface area contributed by atoms with E-state index in [0.29, 0.717) is 16.7 Å². The van der Waals surface area contributed by atoms with Gasteiger partial charge in [0.25, 0.3) is 0 Å². The van der Waals surface area contributed by atoms with Crippen molar-refractivity contribution in [2.75, 3.05) is 0 Å². The summed E-state index contributed by atoms with van der Waals surface area (Å²) < 4.78 is 38.2. The maximum atomic E-state index is 12.7. The fourth-order valence-electron chi connectivity index (χ4n) is 3.52. The smallest absolute Gasteiger partial charge is 0.294 e. The van der Waals surface area contributed by atoms with Crippen molar-refractivity contribution in [2.24, 2.45) is 5.92 Å². The third kappa shape index (κ3) is 1.78. The Kier molecular flexibility index (Phi) is 2.38. The molecule has 1 aromatic rings. The summed E-state index contributed by atoms with van der Waals surface area (Å²) in [5, 5.41) is 0. The topological polar surface area (TPSA) is 17.1 Å². The van der Waals surface area contributed by atoms with Crippen molar-refractivity contribution >= 4 is 13.9 Å². The first-order valence-electron chi connectivity index (χ1n) is 6.38. The third-order valence-electron chi connectivity index (χ3n) is 4.33. The second kappa shape index (κ2) is 3.51. The summed E-state index contributed by atoms with van der Waals surface area (Å²) in [6.07, 6.45) is -4.33. The normalized spacial score (nSPS) is 29.2.